The summed E-state index contributed by atoms with van der Waals surface area (Å²) < 4.78 is 13.6. The molecule has 7 heteroatoms. The second kappa shape index (κ2) is 5.45. The van der Waals surface area contributed by atoms with Gasteiger partial charge in [-0.15, -0.1) is 0 Å². The van der Waals surface area contributed by atoms with Crippen LogP contribution in [0.2, 0.25) is 0 Å². The molecule has 24 heavy (non-hydrogen) atoms. The molecule has 4 rings (SSSR count). The van der Waals surface area contributed by atoms with Gasteiger partial charge in [0.2, 0.25) is 5.91 Å². The number of aromatic amines is 2. The molecule has 0 aliphatic carbocycles. The molecule has 3 N–H and O–H groups in total. The summed E-state index contributed by atoms with van der Waals surface area (Å²) >= 11 is 0. The van der Waals surface area contributed by atoms with Crippen molar-refractivity contribution in [2.24, 2.45) is 0 Å². The molecule has 1 unspecified atom stereocenters. The first kappa shape index (κ1) is 14.4. The highest BCUT2D eigenvalue weighted by atomic mass is 19.1. The van der Waals surface area contributed by atoms with E-state index < -0.39 is 5.92 Å². The topological polar surface area (TPSA) is 90.6 Å². The number of amides is 1. The van der Waals surface area contributed by atoms with E-state index in [4.69, 9.17) is 0 Å². The van der Waals surface area contributed by atoms with Crippen molar-refractivity contribution in [3.8, 4) is 11.3 Å². The number of hydrogen-bond acceptors (Lipinski definition) is 3. The standard InChI is InChI=1S/C17H13FN4O2/c18-10-4-1-3-9(7-10)15-14-12(11-5-2-6-19-17(11)24)8-13(23)20-16(14)22-21-15/h1-7,12H,8H2,(H,19,24)(H2,20,21,22,23). The molecule has 1 atom stereocenters. The van der Waals surface area contributed by atoms with Crippen molar-refractivity contribution in [2.45, 2.75) is 12.3 Å². The lowest BCUT2D eigenvalue weighted by Gasteiger charge is -2.22. The fourth-order valence-electron chi connectivity index (χ4n) is 3.09. The number of rotatable bonds is 2. The predicted octanol–water partition coefficient (Wildman–Crippen LogP) is 2.38. The summed E-state index contributed by atoms with van der Waals surface area (Å²) in [6.45, 7) is 0. The third-order valence-corrected chi connectivity index (χ3v) is 4.14. The molecule has 0 saturated carbocycles. The van der Waals surface area contributed by atoms with E-state index in [1.807, 2.05) is 0 Å². The highest BCUT2D eigenvalue weighted by molar-refractivity contribution is 5.96. The molecule has 3 aromatic rings. The molecule has 2 aromatic heterocycles. The van der Waals surface area contributed by atoms with Crippen LogP contribution in [0.4, 0.5) is 10.2 Å². The Morgan fingerprint density at radius 3 is 2.83 bits per heavy atom. The smallest absolute Gasteiger partial charge is 0.251 e. The molecule has 3 heterocycles. The van der Waals surface area contributed by atoms with Crippen LogP contribution in [0.5, 0.6) is 0 Å². The number of anilines is 1. The number of benzene rings is 1. The Balaban J connectivity index is 1.92. The summed E-state index contributed by atoms with van der Waals surface area (Å²) in [6, 6.07) is 9.49. The maximum atomic E-state index is 13.6. The third-order valence-electron chi connectivity index (χ3n) is 4.14. The normalized spacial score (nSPS) is 16.5. The number of aromatic nitrogens is 3. The van der Waals surface area contributed by atoms with Gasteiger partial charge in [0.1, 0.15) is 5.82 Å². The van der Waals surface area contributed by atoms with Gasteiger partial charge >= 0.3 is 0 Å². The molecule has 0 spiro atoms. The van der Waals surface area contributed by atoms with Gasteiger partial charge in [0.15, 0.2) is 5.82 Å². The van der Waals surface area contributed by atoms with Gasteiger partial charge in [-0.3, -0.25) is 14.7 Å². The minimum absolute atomic E-state index is 0.127. The van der Waals surface area contributed by atoms with Gasteiger partial charge in [0.25, 0.3) is 5.56 Å². The Kier molecular flexibility index (Phi) is 3.26. The quantitative estimate of drug-likeness (QED) is 0.676. The number of halogens is 1. The maximum Gasteiger partial charge on any atom is 0.251 e. The highest BCUT2D eigenvalue weighted by Gasteiger charge is 2.33. The lowest BCUT2D eigenvalue weighted by molar-refractivity contribution is -0.116. The number of H-pyrrole nitrogens is 2. The van der Waals surface area contributed by atoms with Crippen LogP contribution in [0.25, 0.3) is 11.3 Å². The Morgan fingerprint density at radius 1 is 1.17 bits per heavy atom. The Morgan fingerprint density at radius 2 is 2.04 bits per heavy atom. The number of nitrogens with one attached hydrogen (secondary N) is 3. The lowest BCUT2D eigenvalue weighted by atomic mass is 9.85. The van der Waals surface area contributed by atoms with E-state index in [1.165, 1.54) is 12.1 Å². The number of hydrogen-bond donors (Lipinski definition) is 3. The van der Waals surface area contributed by atoms with E-state index in [0.29, 0.717) is 28.2 Å². The van der Waals surface area contributed by atoms with Crippen LogP contribution in [-0.2, 0) is 4.79 Å². The average molecular weight is 324 g/mol. The molecule has 1 aromatic carbocycles. The van der Waals surface area contributed by atoms with E-state index in [0.717, 1.165) is 0 Å². The zero-order chi connectivity index (χ0) is 16.7. The van der Waals surface area contributed by atoms with E-state index in [-0.39, 0.29) is 23.7 Å². The molecular formula is C17H13FN4O2. The van der Waals surface area contributed by atoms with Crippen molar-refractivity contribution in [2.75, 3.05) is 5.32 Å². The molecule has 120 valence electrons. The number of carbonyl (C=O) groups excluding carboxylic acids is 1. The zero-order valence-electron chi connectivity index (χ0n) is 12.5. The van der Waals surface area contributed by atoms with Crippen LogP contribution in [0, 0.1) is 5.82 Å². The Bertz CT molecular complexity index is 992. The monoisotopic (exact) mass is 324 g/mol. The number of pyridine rings is 1. The van der Waals surface area contributed by atoms with Gasteiger partial charge in [0.05, 0.1) is 5.69 Å². The first-order chi connectivity index (χ1) is 11.6. The van der Waals surface area contributed by atoms with E-state index in [9.17, 15) is 14.0 Å². The summed E-state index contributed by atoms with van der Waals surface area (Å²) in [5.74, 6) is -0.660. The minimum atomic E-state index is -0.448. The molecule has 1 aliphatic heterocycles. The molecule has 6 nitrogen and oxygen atoms in total. The zero-order valence-corrected chi connectivity index (χ0v) is 12.5. The molecule has 1 amide bonds. The van der Waals surface area contributed by atoms with Gasteiger partial charge in [0, 0.05) is 35.2 Å². The SMILES string of the molecule is O=C1CC(c2ccc[nH]c2=O)c2c(n[nH]c2-c2cccc(F)c2)N1. The van der Waals surface area contributed by atoms with E-state index >= 15 is 0 Å². The first-order valence-electron chi connectivity index (χ1n) is 7.45. The highest BCUT2D eigenvalue weighted by Crippen LogP contribution is 2.40. The van der Waals surface area contributed by atoms with E-state index in [2.05, 4.69) is 20.5 Å². The molecule has 0 radical (unpaired) electrons. The first-order valence-corrected chi connectivity index (χ1v) is 7.45. The Labute approximate surface area is 135 Å². The van der Waals surface area contributed by atoms with Gasteiger partial charge in [-0.1, -0.05) is 18.2 Å². The van der Waals surface area contributed by atoms with Crippen molar-refractivity contribution < 1.29 is 9.18 Å². The second-order valence-electron chi connectivity index (χ2n) is 5.63. The number of carbonyl (C=O) groups is 1. The summed E-state index contributed by atoms with van der Waals surface area (Å²) in [6.07, 6.45) is 1.67. The largest absolute Gasteiger partial charge is 0.329 e. The fraction of sp³-hybridized carbons (Fsp3) is 0.118. The van der Waals surface area contributed by atoms with Crippen LogP contribution in [0.1, 0.15) is 23.5 Å². The second-order valence-corrected chi connectivity index (χ2v) is 5.63. The summed E-state index contributed by atoms with van der Waals surface area (Å²) in [5.41, 5.74) is 2.12. The predicted molar refractivity (Wildman–Crippen MR) is 86.1 cm³/mol. The molecule has 1 aliphatic rings. The van der Waals surface area contributed by atoms with Crippen molar-refractivity contribution in [3.63, 3.8) is 0 Å². The summed E-state index contributed by atoms with van der Waals surface area (Å²) in [5, 5.41) is 9.68. The average Bonchev–Trinajstić information content (AvgIpc) is 2.98. The lowest BCUT2D eigenvalue weighted by Crippen LogP contribution is -2.27. The van der Waals surface area contributed by atoms with Crippen molar-refractivity contribution in [1.82, 2.24) is 15.2 Å². The Hall–Kier alpha value is -3.22. The minimum Gasteiger partial charge on any atom is -0.329 e. The van der Waals surface area contributed by atoms with Gasteiger partial charge in [-0.25, -0.2) is 4.39 Å². The summed E-state index contributed by atoms with van der Waals surface area (Å²) in [7, 11) is 0. The molecule has 0 bridgehead atoms. The third kappa shape index (κ3) is 2.30. The van der Waals surface area contributed by atoms with Crippen LogP contribution >= 0.6 is 0 Å². The van der Waals surface area contributed by atoms with Crippen LogP contribution in [0.15, 0.2) is 47.4 Å². The summed E-state index contributed by atoms with van der Waals surface area (Å²) in [4.78, 5) is 26.8. The van der Waals surface area contributed by atoms with Gasteiger partial charge < -0.3 is 10.3 Å². The van der Waals surface area contributed by atoms with Gasteiger partial charge in [-0.2, -0.15) is 5.10 Å². The molecular weight excluding hydrogens is 311 g/mol. The van der Waals surface area contributed by atoms with Gasteiger partial charge in [-0.05, 0) is 18.2 Å². The fourth-order valence-corrected chi connectivity index (χ4v) is 3.09. The number of fused-ring (bicyclic) bond motifs is 1. The van der Waals surface area contributed by atoms with Crippen molar-refractivity contribution in [3.05, 3.63) is 69.9 Å². The molecule has 0 fully saturated rings. The van der Waals surface area contributed by atoms with Crippen LogP contribution in [-0.4, -0.2) is 21.1 Å². The van der Waals surface area contributed by atoms with E-state index in [1.54, 1.807) is 30.5 Å². The van der Waals surface area contributed by atoms with Crippen molar-refractivity contribution in [1.29, 1.82) is 0 Å². The van der Waals surface area contributed by atoms with Crippen LogP contribution in [0.3, 0.4) is 0 Å². The number of nitrogens with zero attached hydrogens (tertiary/aromatic N) is 1. The maximum absolute atomic E-state index is 13.6. The molecule has 0 saturated heterocycles. The van der Waals surface area contributed by atoms with Crippen LogP contribution < -0.4 is 10.9 Å². The van der Waals surface area contributed by atoms with Crippen molar-refractivity contribution >= 4 is 11.7 Å².